The molecule has 0 saturated heterocycles. The van der Waals surface area contributed by atoms with E-state index in [1.54, 1.807) is 0 Å². The van der Waals surface area contributed by atoms with Crippen molar-refractivity contribution in [3.05, 3.63) is 52.3 Å². The largest absolute Gasteiger partial charge is 0.465 e. The predicted molar refractivity (Wildman–Crippen MR) is 108 cm³/mol. The highest BCUT2D eigenvalue weighted by Crippen LogP contribution is 2.34. The van der Waals surface area contributed by atoms with Gasteiger partial charge in [-0.2, -0.15) is 0 Å². The zero-order valence-electron chi connectivity index (χ0n) is 16.9. The van der Waals surface area contributed by atoms with Gasteiger partial charge >= 0.3 is 6.09 Å². The number of nitrogens with zero attached hydrogens (tertiary/aromatic N) is 1. The molecule has 0 bridgehead atoms. The molecule has 5 nitrogen and oxygen atoms in total. The van der Waals surface area contributed by atoms with Crippen molar-refractivity contribution in [2.75, 3.05) is 0 Å². The summed E-state index contributed by atoms with van der Waals surface area (Å²) in [6, 6.07) is 8.10. The Hall–Kier alpha value is -2.40. The fourth-order valence-electron chi connectivity index (χ4n) is 3.30. The van der Waals surface area contributed by atoms with Crippen molar-refractivity contribution in [2.24, 2.45) is 5.41 Å². The fraction of sp³-hybridized carbons (Fsp3) is 0.455. The van der Waals surface area contributed by atoms with Crippen LogP contribution in [0.4, 0.5) is 4.79 Å². The lowest BCUT2D eigenvalue weighted by molar-refractivity contribution is 0.194. The highest BCUT2D eigenvalue weighted by molar-refractivity contribution is 5.74. The number of aliphatic hydroxyl groups is 1. The van der Waals surface area contributed by atoms with Crippen molar-refractivity contribution in [3.63, 3.8) is 0 Å². The Morgan fingerprint density at radius 1 is 1.11 bits per heavy atom. The second-order valence-corrected chi connectivity index (χ2v) is 8.11. The average Bonchev–Trinajstić information content (AvgIpc) is 2.58. The van der Waals surface area contributed by atoms with Gasteiger partial charge in [0.2, 0.25) is 0 Å². The molecule has 2 rings (SSSR count). The average molecular weight is 370 g/mol. The standard InChI is InChI=1S/C22H30N2O3/c1-6-18-17(13-25)20(15-9-7-14(2)8-10-15)16(12-23-21(26)27)19(24-18)11-22(3,4)5/h7-10,23,25H,6,11-13H2,1-5H3,(H,26,27). The molecule has 0 unspecified atom stereocenters. The maximum absolute atomic E-state index is 11.2. The molecule has 1 aromatic carbocycles. The van der Waals surface area contributed by atoms with Gasteiger partial charge in [-0.3, -0.25) is 4.98 Å². The highest BCUT2D eigenvalue weighted by atomic mass is 16.4. The summed E-state index contributed by atoms with van der Waals surface area (Å²) in [7, 11) is 0. The van der Waals surface area contributed by atoms with Gasteiger partial charge in [0.05, 0.1) is 6.61 Å². The number of hydrogen-bond donors (Lipinski definition) is 3. The maximum Gasteiger partial charge on any atom is 0.404 e. The van der Waals surface area contributed by atoms with E-state index < -0.39 is 6.09 Å². The highest BCUT2D eigenvalue weighted by Gasteiger charge is 2.23. The van der Waals surface area contributed by atoms with E-state index in [1.165, 1.54) is 0 Å². The van der Waals surface area contributed by atoms with E-state index in [1.807, 2.05) is 38.1 Å². The van der Waals surface area contributed by atoms with E-state index in [-0.39, 0.29) is 18.6 Å². The molecule has 1 heterocycles. The van der Waals surface area contributed by atoms with Gasteiger partial charge in [0, 0.05) is 29.1 Å². The second-order valence-electron chi connectivity index (χ2n) is 8.11. The van der Waals surface area contributed by atoms with Crippen molar-refractivity contribution in [1.29, 1.82) is 0 Å². The van der Waals surface area contributed by atoms with Gasteiger partial charge in [-0.1, -0.05) is 57.5 Å². The molecule has 0 atom stereocenters. The van der Waals surface area contributed by atoms with Crippen LogP contribution >= 0.6 is 0 Å². The quantitative estimate of drug-likeness (QED) is 0.701. The normalized spacial score (nSPS) is 11.5. The van der Waals surface area contributed by atoms with E-state index >= 15 is 0 Å². The monoisotopic (exact) mass is 370 g/mol. The molecular formula is C22H30N2O3. The van der Waals surface area contributed by atoms with Gasteiger partial charge in [0.1, 0.15) is 0 Å². The number of amides is 1. The molecule has 0 aliphatic heterocycles. The lowest BCUT2D eigenvalue weighted by atomic mass is 9.84. The minimum Gasteiger partial charge on any atom is -0.465 e. The molecule has 27 heavy (non-hydrogen) atoms. The third-order valence-corrected chi connectivity index (χ3v) is 4.52. The zero-order valence-corrected chi connectivity index (χ0v) is 16.9. The Morgan fingerprint density at radius 3 is 2.22 bits per heavy atom. The first kappa shape index (κ1) is 20.9. The molecule has 2 aromatic rings. The molecule has 5 heteroatoms. The molecule has 1 amide bonds. The summed E-state index contributed by atoms with van der Waals surface area (Å²) in [4.78, 5) is 16.0. The van der Waals surface area contributed by atoms with Gasteiger partial charge in [0.25, 0.3) is 0 Å². The number of carboxylic acid groups (broad SMARTS) is 1. The van der Waals surface area contributed by atoms with Crippen molar-refractivity contribution >= 4 is 6.09 Å². The van der Waals surface area contributed by atoms with Crippen LogP contribution in [0.3, 0.4) is 0 Å². The van der Waals surface area contributed by atoms with Crippen LogP contribution in [0.15, 0.2) is 24.3 Å². The van der Waals surface area contributed by atoms with E-state index in [4.69, 9.17) is 10.1 Å². The molecule has 0 radical (unpaired) electrons. The molecule has 146 valence electrons. The number of hydrogen-bond acceptors (Lipinski definition) is 3. The lowest BCUT2D eigenvalue weighted by Gasteiger charge is -2.25. The van der Waals surface area contributed by atoms with Crippen molar-refractivity contribution in [3.8, 4) is 11.1 Å². The van der Waals surface area contributed by atoms with Gasteiger partial charge < -0.3 is 15.5 Å². The Morgan fingerprint density at radius 2 is 1.74 bits per heavy atom. The summed E-state index contributed by atoms with van der Waals surface area (Å²) in [5.74, 6) is 0. The van der Waals surface area contributed by atoms with E-state index in [0.29, 0.717) is 6.42 Å². The second kappa shape index (κ2) is 8.53. The lowest BCUT2D eigenvalue weighted by Crippen LogP contribution is -2.24. The third kappa shape index (κ3) is 5.30. The number of carbonyl (C=O) groups is 1. The first-order valence-electron chi connectivity index (χ1n) is 9.34. The Kier molecular flexibility index (Phi) is 6.60. The van der Waals surface area contributed by atoms with Crippen LogP contribution in [-0.4, -0.2) is 21.3 Å². The number of aliphatic hydroxyl groups excluding tert-OH is 1. The van der Waals surface area contributed by atoms with Crippen LogP contribution in [-0.2, 0) is 26.0 Å². The summed E-state index contributed by atoms with van der Waals surface area (Å²) in [6.45, 7) is 10.5. The summed E-state index contributed by atoms with van der Waals surface area (Å²) in [5.41, 5.74) is 6.40. The first-order valence-corrected chi connectivity index (χ1v) is 9.34. The summed E-state index contributed by atoms with van der Waals surface area (Å²) in [6.07, 6.45) is 0.358. The fourth-order valence-corrected chi connectivity index (χ4v) is 3.30. The van der Waals surface area contributed by atoms with E-state index in [0.717, 1.165) is 45.6 Å². The smallest absolute Gasteiger partial charge is 0.404 e. The number of nitrogens with one attached hydrogen (secondary N) is 1. The van der Waals surface area contributed by atoms with Crippen LogP contribution in [0.25, 0.3) is 11.1 Å². The summed E-state index contributed by atoms with van der Waals surface area (Å²) < 4.78 is 0. The van der Waals surface area contributed by atoms with Crippen LogP contribution in [0.5, 0.6) is 0 Å². The summed E-state index contributed by atoms with van der Waals surface area (Å²) >= 11 is 0. The van der Waals surface area contributed by atoms with Gasteiger partial charge in [-0.05, 0) is 36.3 Å². The molecule has 1 aromatic heterocycles. The maximum atomic E-state index is 11.2. The molecule has 3 N–H and O–H groups in total. The van der Waals surface area contributed by atoms with Crippen LogP contribution in [0, 0.1) is 12.3 Å². The number of pyridine rings is 1. The zero-order chi connectivity index (χ0) is 20.2. The first-order chi connectivity index (χ1) is 12.7. The number of rotatable bonds is 6. The number of aromatic nitrogens is 1. The van der Waals surface area contributed by atoms with E-state index in [9.17, 15) is 9.90 Å². The number of benzene rings is 1. The van der Waals surface area contributed by atoms with Crippen molar-refractivity contribution in [1.82, 2.24) is 10.3 Å². The van der Waals surface area contributed by atoms with E-state index in [2.05, 4.69) is 26.1 Å². The Bertz CT molecular complexity index is 806. The van der Waals surface area contributed by atoms with Crippen molar-refractivity contribution < 1.29 is 15.0 Å². The topological polar surface area (TPSA) is 82.5 Å². The molecule has 0 aliphatic carbocycles. The Labute approximate surface area is 161 Å². The third-order valence-electron chi connectivity index (χ3n) is 4.52. The predicted octanol–water partition coefficient (Wildman–Crippen LogP) is 4.47. The molecule has 0 spiro atoms. The Balaban J connectivity index is 2.78. The van der Waals surface area contributed by atoms with Gasteiger partial charge in [0.15, 0.2) is 0 Å². The molecular weight excluding hydrogens is 340 g/mol. The van der Waals surface area contributed by atoms with Crippen molar-refractivity contribution in [2.45, 2.75) is 60.6 Å². The molecule has 0 aliphatic rings. The van der Waals surface area contributed by atoms with Crippen LogP contribution < -0.4 is 5.32 Å². The number of aryl methyl sites for hydroxylation is 2. The summed E-state index contributed by atoms with van der Waals surface area (Å²) in [5, 5.41) is 21.7. The van der Waals surface area contributed by atoms with Gasteiger partial charge in [-0.25, -0.2) is 4.79 Å². The minimum absolute atomic E-state index is 0.00125. The molecule has 0 saturated carbocycles. The molecule has 0 fully saturated rings. The SMILES string of the molecule is CCc1nc(CC(C)(C)C)c(CNC(=O)O)c(-c2ccc(C)cc2)c1CO. The van der Waals surface area contributed by atoms with Crippen LogP contribution in [0.1, 0.15) is 55.8 Å². The minimum atomic E-state index is -1.07. The van der Waals surface area contributed by atoms with Crippen LogP contribution in [0.2, 0.25) is 0 Å². The van der Waals surface area contributed by atoms with Gasteiger partial charge in [-0.15, -0.1) is 0 Å².